The molecule has 1 aliphatic heterocycles. The Morgan fingerprint density at radius 1 is 0.966 bits per heavy atom. The van der Waals surface area contributed by atoms with Gasteiger partial charge in [0.2, 0.25) is 11.9 Å². The number of aryl methyl sites for hydroxylation is 1. The normalized spacial score (nSPS) is 16.1. The first-order chi connectivity index (χ1) is 14.0. The van der Waals surface area contributed by atoms with Crippen LogP contribution in [0.15, 0.2) is 78.5 Å². The highest BCUT2D eigenvalue weighted by Crippen LogP contribution is 2.28. The molecule has 0 fully saturated rings. The topological polar surface area (TPSA) is 41.6 Å². The van der Waals surface area contributed by atoms with Crippen molar-refractivity contribution in [2.75, 3.05) is 12.1 Å². The van der Waals surface area contributed by atoms with E-state index in [1.807, 2.05) is 120 Å². The molecule has 0 saturated carbocycles. The van der Waals surface area contributed by atoms with Crippen molar-refractivity contribution in [3.05, 3.63) is 89.9 Å². The van der Waals surface area contributed by atoms with Crippen molar-refractivity contribution in [3.63, 3.8) is 0 Å². The number of carbonyl (C=O) groups is 1. The fourth-order valence-electron chi connectivity index (χ4n) is 3.58. The Morgan fingerprint density at radius 2 is 1.59 bits per heavy atom. The van der Waals surface area contributed by atoms with E-state index in [0.717, 1.165) is 22.8 Å². The van der Waals surface area contributed by atoms with Gasteiger partial charge >= 0.3 is 11.7 Å². The summed E-state index contributed by atoms with van der Waals surface area (Å²) in [7, 11) is 3.90. The number of esters is 1. The summed E-state index contributed by atoms with van der Waals surface area (Å²) in [5.41, 5.74) is 4.35. The molecule has 0 saturated heterocycles. The molecule has 1 aliphatic rings. The van der Waals surface area contributed by atoms with Crippen LogP contribution in [-0.2, 0) is 11.8 Å². The number of rotatable bonds is 4. The first-order valence-electron chi connectivity index (χ1n) is 9.59. The molecule has 2 heterocycles. The molecule has 0 amide bonds. The number of allylic oxidation sites excluding steroid dienone is 1. The van der Waals surface area contributed by atoms with Crippen LogP contribution in [0.1, 0.15) is 23.1 Å². The zero-order chi connectivity index (χ0) is 20.5. The molecular weight excluding hydrogens is 364 g/mol. The van der Waals surface area contributed by atoms with Crippen LogP contribution in [-0.4, -0.2) is 28.9 Å². The zero-order valence-electron chi connectivity index (χ0n) is 17.1. The number of hydrazine groups is 1. The predicted octanol–water partition coefficient (Wildman–Crippen LogP) is 3.36. The summed E-state index contributed by atoms with van der Waals surface area (Å²) in [5, 5.41) is 3.96. The lowest BCUT2D eigenvalue weighted by atomic mass is 10.3. The number of nitrogens with zero attached hydrogens (tertiary/aromatic N) is 4. The quantitative estimate of drug-likeness (QED) is 0.507. The maximum atomic E-state index is 13.2. The van der Waals surface area contributed by atoms with Gasteiger partial charge in [-0.1, -0.05) is 41.1 Å². The molecule has 3 aromatic rings. The van der Waals surface area contributed by atoms with Crippen molar-refractivity contribution < 1.29 is 14.2 Å². The van der Waals surface area contributed by atoms with E-state index in [-0.39, 0.29) is 5.97 Å². The van der Waals surface area contributed by atoms with Crippen LogP contribution in [0, 0.1) is 6.92 Å². The fraction of sp³-hybridized carbons (Fsp3) is 0.217. The van der Waals surface area contributed by atoms with Gasteiger partial charge in [0.05, 0.1) is 18.4 Å². The van der Waals surface area contributed by atoms with Gasteiger partial charge in [0.1, 0.15) is 0 Å². The third-order valence-corrected chi connectivity index (χ3v) is 5.30. The van der Waals surface area contributed by atoms with Gasteiger partial charge in [0.25, 0.3) is 0 Å². The molecule has 4 rings (SSSR count). The molecular formula is C23H25N4O2+. The standard InChI is InChI=1S/C23H25N4O2/c1-17-15-21(26(24(17)3)19-11-7-5-8-12-19)23(28)29-22-16-18(2)25(4)27(22)20-13-9-6-10-14-20/h5-16,22H,1-4H3/q+1. The van der Waals surface area contributed by atoms with Crippen LogP contribution >= 0.6 is 0 Å². The van der Waals surface area contributed by atoms with E-state index in [1.54, 1.807) is 0 Å². The molecule has 0 N–H and O–H groups in total. The highest BCUT2D eigenvalue weighted by atomic mass is 16.6. The van der Waals surface area contributed by atoms with Crippen LogP contribution in [0.2, 0.25) is 0 Å². The van der Waals surface area contributed by atoms with E-state index in [2.05, 4.69) is 0 Å². The number of anilines is 1. The van der Waals surface area contributed by atoms with Gasteiger partial charge in [0.15, 0.2) is 0 Å². The van der Waals surface area contributed by atoms with Gasteiger partial charge in [-0.2, -0.15) is 4.68 Å². The van der Waals surface area contributed by atoms with Crippen molar-refractivity contribution in [1.82, 2.24) is 9.69 Å². The van der Waals surface area contributed by atoms with Crippen molar-refractivity contribution in [2.45, 2.75) is 20.1 Å². The smallest absolute Gasteiger partial charge is 0.408 e. The van der Waals surface area contributed by atoms with Gasteiger partial charge < -0.3 is 4.74 Å². The summed E-state index contributed by atoms with van der Waals surface area (Å²) in [5.74, 6) is -0.372. The molecule has 1 unspecified atom stereocenters. The third-order valence-electron chi connectivity index (χ3n) is 5.30. The highest BCUT2D eigenvalue weighted by Gasteiger charge is 2.35. The molecule has 6 nitrogen and oxygen atoms in total. The Kier molecular flexibility index (Phi) is 4.84. The van der Waals surface area contributed by atoms with Crippen molar-refractivity contribution in [2.24, 2.45) is 7.05 Å². The molecule has 2 aromatic carbocycles. The third kappa shape index (κ3) is 3.38. The summed E-state index contributed by atoms with van der Waals surface area (Å²) in [6.45, 7) is 3.97. The Labute approximate surface area is 170 Å². The lowest BCUT2D eigenvalue weighted by Gasteiger charge is -2.33. The summed E-state index contributed by atoms with van der Waals surface area (Å²) in [4.78, 5) is 13.2. The van der Waals surface area contributed by atoms with Gasteiger partial charge in [-0.05, 0) is 32.1 Å². The van der Waals surface area contributed by atoms with E-state index in [4.69, 9.17) is 4.74 Å². The Balaban J connectivity index is 1.67. The summed E-state index contributed by atoms with van der Waals surface area (Å²) in [6, 6.07) is 21.6. The van der Waals surface area contributed by atoms with E-state index in [9.17, 15) is 4.79 Å². The van der Waals surface area contributed by atoms with Gasteiger partial charge in [0, 0.05) is 30.9 Å². The average molecular weight is 389 g/mol. The molecule has 0 radical (unpaired) electrons. The minimum absolute atomic E-state index is 0.372. The molecule has 0 aliphatic carbocycles. The Bertz CT molecular complexity index is 1060. The molecule has 0 spiro atoms. The van der Waals surface area contributed by atoms with Crippen molar-refractivity contribution >= 4 is 11.7 Å². The minimum Gasteiger partial charge on any atom is -0.428 e. The molecule has 1 atom stereocenters. The van der Waals surface area contributed by atoms with E-state index >= 15 is 0 Å². The number of hydrogen-bond donors (Lipinski definition) is 0. The number of carbonyl (C=O) groups excluding carboxylic acids is 1. The Hall–Kier alpha value is -3.54. The summed E-state index contributed by atoms with van der Waals surface area (Å²) >= 11 is 0. The molecule has 6 heteroatoms. The van der Waals surface area contributed by atoms with Crippen LogP contribution in [0.25, 0.3) is 5.69 Å². The fourth-order valence-corrected chi connectivity index (χ4v) is 3.58. The highest BCUT2D eigenvalue weighted by molar-refractivity contribution is 5.86. The molecule has 148 valence electrons. The second kappa shape index (κ2) is 7.47. The second-order valence-corrected chi connectivity index (χ2v) is 7.15. The maximum absolute atomic E-state index is 13.2. The SMILES string of the molecule is CC1=CC(OC(=O)c2cc(C)n(C)[n+]2-c2ccccc2)N(c2ccccc2)N1C. The first-order valence-corrected chi connectivity index (χ1v) is 9.59. The van der Waals surface area contributed by atoms with Gasteiger partial charge in [-0.15, -0.1) is 0 Å². The molecule has 1 aromatic heterocycles. The van der Waals surface area contributed by atoms with Crippen LogP contribution in [0.5, 0.6) is 0 Å². The van der Waals surface area contributed by atoms with Gasteiger partial charge in [-0.25, -0.2) is 9.80 Å². The van der Waals surface area contributed by atoms with Crippen LogP contribution < -0.4 is 9.69 Å². The number of benzene rings is 2. The molecule has 0 bridgehead atoms. The second-order valence-electron chi connectivity index (χ2n) is 7.15. The largest absolute Gasteiger partial charge is 0.428 e. The summed E-state index contributed by atoms with van der Waals surface area (Å²) in [6.07, 6.45) is 1.44. The Morgan fingerprint density at radius 3 is 2.24 bits per heavy atom. The van der Waals surface area contributed by atoms with Crippen molar-refractivity contribution in [1.29, 1.82) is 0 Å². The number of ether oxygens (including phenoxy) is 1. The molecule has 29 heavy (non-hydrogen) atoms. The van der Waals surface area contributed by atoms with E-state index in [0.29, 0.717) is 5.69 Å². The lowest BCUT2D eigenvalue weighted by molar-refractivity contribution is -0.685. The number of para-hydroxylation sites is 2. The average Bonchev–Trinajstić information content (AvgIpc) is 3.18. The monoisotopic (exact) mass is 389 g/mol. The number of hydrogen-bond acceptors (Lipinski definition) is 4. The van der Waals surface area contributed by atoms with Gasteiger partial charge in [-0.3, -0.25) is 5.01 Å². The van der Waals surface area contributed by atoms with Crippen molar-refractivity contribution in [3.8, 4) is 5.69 Å². The number of aromatic nitrogens is 2. The zero-order valence-corrected chi connectivity index (χ0v) is 17.1. The summed E-state index contributed by atoms with van der Waals surface area (Å²) < 4.78 is 9.79. The van der Waals surface area contributed by atoms with Crippen LogP contribution in [0.4, 0.5) is 5.69 Å². The minimum atomic E-state index is -0.514. The lowest BCUT2D eigenvalue weighted by Crippen LogP contribution is -2.47. The van der Waals surface area contributed by atoms with Crippen LogP contribution in [0.3, 0.4) is 0 Å². The van der Waals surface area contributed by atoms with E-state index in [1.165, 1.54) is 0 Å². The maximum Gasteiger partial charge on any atom is 0.408 e. The van der Waals surface area contributed by atoms with E-state index < -0.39 is 6.23 Å². The predicted molar refractivity (Wildman–Crippen MR) is 111 cm³/mol. The first kappa shape index (κ1) is 18.8.